The SMILES string of the molecule is Bc1sccc1C(=O)Cl. The summed E-state index contributed by atoms with van der Waals surface area (Å²) in [6, 6.07) is 1.73. The molecule has 0 aromatic carbocycles. The van der Waals surface area contributed by atoms with E-state index in [1.165, 1.54) is 11.3 Å². The molecule has 0 unspecified atom stereocenters. The molecule has 9 heavy (non-hydrogen) atoms. The van der Waals surface area contributed by atoms with Crippen LogP contribution in [0.3, 0.4) is 0 Å². The zero-order valence-electron chi connectivity index (χ0n) is 4.85. The van der Waals surface area contributed by atoms with Crippen LogP contribution in [-0.4, -0.2) is 13.1 Å². The molecular formula is C5H4BClOS. The van der Waals surface area contributed by atoms with Crippen molar-refractivity contribution in [1.82, 2.24) is 0 Å². The molecule has 1 aromatic heterocycles. The quantitative estimate of drug-likeness (QED) is 0.427. The van der Waals surface area contributed by atoms with Crippen molar-refractivity contribution in [3.63, 3.8) is 0 Å². The molecule has 0 radical (unpaired) electrons. The van der Waals surface area contributed by atoms with Crippen LogP contribution in [0.15, 0.2) is 11.4 Å². The molecule has 0 fully saturated rings. The molecule has 0 N–H and O–H groups in total. The second-order valence-corrected chi connectivity index (χ2v) is 3.13. The third-order valence-corrected chi connectivity index (χ3v) is 2.12. The maximum atomic E-state index is 10.5. The lowest BCUT2D eigenvalue weighted by Gasteiger charge is -1.85. The molecule has 0 saturated heterocycles. The van der Waals surface area contributed by atoms with Crippen molar-refractivity contribution in [3.05, 3.63) is 17.0 Å². The fraction of sp³-hybridized carbons (Fsp3) is 0. The summed E-state index contributed by atoms with van der Waals surface area (Å²) in [4.78, 5) is 10.5. The van der Waals surface area contributed by atoms with E-state index in [0.717, 1.165) is 4.78 Å². The second-order valence-electron chi connectivity index (χ2n) is 1.66. The number of carbonyl (C=O) groups is 1. The summed E-state index contributed by atoms with van der Waals surface area (Å²) in [7, 11) is 1.88. The third kappa shape index (κ3) is 1.34. The zero-order chi connectivity index (χ0) is 6.85. The summed E-state index contributed by atoms with van der Waals surface area (Å²) >= 11 is 6.75. The maximum Gasteiger partial charge on any atom is 0.252 e. The van der Waals surface area contributed by atoms with Gasteiger partial charge in [0.2, 0.25) is 0 Å². The van der Waals surface area contributed by atoms with E-state index in [1.54, 1.807) is 6.07 Å². The number of rotatable bonds is 1. The Morgan fingerprint density at radius 1 is 1.78 bits per heavy atom. The zero-order valence-corrected chi connectivity index (χ0v) is 6.42. The van der Waals surface area contributed by atoms with Gasteiger partial charge in [0.1, 0.15) is 0 Å². The molecule has 0 aliphatic carbocycles. The highest BCUT2D eigenvalue weighted by molar-refractivity contribution is 7.19. The van der Waals surface area contributed by atoms with E-state index in [4.69, 9.17) is 11.6 Å². The van der Waals surface area contributed by atoms with Crippen LogP contribution in [0.4, 0.5) is 0 Å². The molecule has 1 rings (SSSR count). The minimum absolute atomic E-state index is 0.367. The van der Waals surface area contributed by atoms with E-state index in [0.29, 0.717) is 5.56 Å². The first-order valence-electron chi connectivity index (χ1n) is 2.45. The summed E-state index contributed by atoms with van der Waals surface area (Å²) in [5, 5.41) is 1.49. The lowest BCUT2D eigenvalue weighted by Crippen LogP contribution is -2.04. The standard InChI is InChI=1S/C5H4BClOS/c6-4-3(5(7)8)1-2-9-4/h1-2H,6H2. The Balaban J connectivity index is 3.08. The van der Waals surface area contributed by atoms with Crippen molar-refractivity contribution in [2.24, 2.45) is 0 Å². The van der Waals surface area contributed by atoms with Gasteiger partial charge in [0, 0.05) is 5.56 Å². The van der Waals surface area contributed by atoms with Crippen LogP contribution in [-0.2, 0) is 0 Å². The lowest BCUT2D eigenvalue weighted by molar-refractivity contribution is 0.108. The van der Waals surface area contributed by atoms with Gasteiger partial charge in [0.25, 0.3) is 5.24 Å². The number of hydrogen-bond acceptors (Lipinski definition) is 2. The molecule has 1 aromatic rings. The normalized spacial score (nSPS) is 9.44. The van der Waals surface area contributed by atoms with Gasteiger partial charge >= 0.3 is 0 Å². The summed E-state index contributed by atoms with van der Waals surface area (Å²) in [5.74, 6) is 0. The Kier molecular flexibility index (Phi) is 1.93. The predicted molar refractivity (Wildman–Crippen MR) is 42.7 cm³/mol. The largest absolute Gasteiger partial charge is 0.276 e. The van der Waals surface area contributed by atoms with Gasteiger partial charge < -0.3 is 0 Å². The molecule has 4 heteroatoms. The van der Waals surface area contributed by atoms with E-state index in [1.807, 2.05) is 13.2 Å². The Morgan fingerprint density at radius 2 is 2.44 bits per heavy atom. The minimum Gasteiger partial charge on any atom is -0.276 e. The van der Waals surface area contributed by atoms with Crippen molar-refractivity contribution in [1.29, 1.82) is 0 Å². The van der Waals surface area contributed by atoms with E-state index >= 15 is 0 Å². The molecule has 0 aliphatic heterocycles. The fourth-order valence-corrected chi connectivity index (χ4v) is 1.55. The van der Waals surface area contributed by atoms with E-state index < -0.39 is 0 Å². The van der Waals surface area contributed by atoms with Gasteiger partial charge in [-0.05, 0) is 27.8 Å². The summed E-state index contributed by atoms with van der Waals surface area (Å²) in [6.07, 6.45) is 0. The Morgan fingerprint density at radius 3 is 2.67 bits per heavy atom. The Bertz CT molecular complexity index is 233. The second kappa shape index (κ2) is 2.54. The summed E-state index contributed by atoms with van der Waals surface area (Å²) in [6.45, 7) is 0. The van der Waals surface area contributed by atoms with Crippen molar-refractivity contribution in [3.8, 4) is 0 Å². The lowest BCUT2D eigenvalue weighted by atomic mass is 10.0. The molecule has 0 aliphatic rings. The molecule has 1 nitrogen and oxygen atoms in total. The van der Waals surface area contributed by atoms with Crippen LogP contribution in [0.2, 0.25) is 0 Å². The van der Waals surface area contributed by atoms with Crippen LogP contribution in [0, 0.1) is 0 Å². The molecule has 46 valence electrons. The average molecular weight is 158 g/mol. The highest BCUT2D eigenvalue weighted by Gasteiger charge is 2.04. The minimum atomic E-state index is -0.367. The highest BCUT2D eigenvalue weighted by Crippen LogP contribution is 2.04. The van der Waals surface area contributed by atoms with E-state index in [2.05, 4.69) is 0 Å². The van der Waals surface area contributed by atoms with Crippen molar-refractivity contribution >= 4 is 40.8 Å². The van der Waals surface area contributed by atoms with E-state index in [-0.39, 0.29) is 5.24 Å². The highest BCUT2D eigenvalue weighted by atomic mass is 35.5. The van der Waals surface area contributed by atoms with Crippen LogP contribution < -0.4 is 4.78 Å². The van der Waals surface area contributed by atoms with Gasteiger partial charge in [-0.2, -0.15) is 11.3 Å². The molecule has 1 heterocycles. The fourth-order valence-electron chi connectivity index (χ4n) is 0.589. The van der Waals surface area contributed by atoms with Crippen LogP contribution in [0.25, 0.3) is 0 Å². The average Bonchev–Trinajstić information content (AvgIpc) is 2.13. The van der Waals surface area contributed by atoms with E-state index in [9.17, 15) is 4.79 Å². The van der Waals surface area contributed by atoms with Gasteiger partial charge in [-0.15, -0.1) is 0 Å². The van der Waals surface area contributed by atoms with Gasteiger partial charge in [-0.25, -0.2) is 0 Å². The predicted octanol–water partition coefficient (Wildman–Crippen LogP) is 0.386. The van der Waals surface area contributed by atoms with Gasteiger partial charge in [-0.3, -0.25) is 4.79 Å². The van der Waals surface area contributed by atoms with Crippen LogP contribution in [0.1, 0.15) is 10.4 Å². The first-order valence-corrected chi connectivity index (χ1v) is 3.71. The molecular weight excluding hydrogens is 154 g/mol. The maximum absolute atomic E-state index is 10.5. The van der Waals surface area contributed by atoms with Crippen molar-refractivity contribution in [2.45, 2.75) is 0 Å². The molecule has 0 saturated carbocycles. The number of carbonyl (C=O) groups excluding carboxylic acids is 1. The molecule has 0 spiro atoms. The third-order valence-electron chi connectivity index (χ3n) is 1.07. The van der Waals surface area contributed by atoms with Gasteiger partial charge in [0.15, 0.2) is 7.85 Å². The molecule has 0 atom stereocenters. The van der Waals surface area contributed by atoms with Crippen LogP contribution >= 0.6 is 22.9 Å². The Labute approximate surface area is 63.1 Å². The molecule has 0 bridgehead atoms. The first-order chi connectivity index (χ1) is 4.22. The van der Waals surface area contributed by atoms with Crippen molar-refractivity contribution in [2.75, 3.05) is 0 Å². The summed E-state index contributed by atoms with van der Waals surface area (Å²) in [5.41, 5.74) is 0.627. The van der Waals surface area contributed by atoms with Crippen molar-refractivity contribution < 1.29 is 4.79 Å². The monoisotopic (exact) mass is 158 g/mol. The topological polar surface area (TPSA) is 17.1 Å². The van der Waals surface area contributed by atoms with Gasteiger partial charge in [0.05, 0.1) is 0 Å². The van der Waals surface area contributed by atoms with Crippen LogP contribution in [0.5, 0.6) is 0 Å². The number of hydrogen-bond donors (Lipinski definition) is 0. The Hall–Kier alpha value is -0.275. The molecule has 0 amide bonds. The number of thiophene rings is 1. The number of halogens is 1. The van der Waals surface area contributed by atoms with Gasteiger partial charge in [-0.1, -0.05) is 0 Å². The summed E-state index contributed by atoms with van der Waals surface area (Å²) < 4.78 is 0.981. The first kappa shape index (κ1) is 6.84. The smallest absolute Gasteiger partial charge is 0.252 e.